The quantitative estimate of drug-likeness (QED) is 0.690. The zero-order chi connectivity index (χ0) is 13.9. The average molecular weight is 376 g/mol. The average Bonchev–Trinajstić information content (AvgIpc) is 2.86. The summed E-state index contributed by atoms with van der Waals surface area (Å²) in [6.07, 6.45) is 3.10. The number of rotatable bonds is 4. The zero-order valence-corrected chi connectivity index (χ0v) is 13.4. The Bertz CT molecular complexity index is 713. The van der Waals surface area contributed by atoms with E-state index in [2.05, 4.69) is 81.9 Å². The predicted molar refractivity (Wildman–Crippen MR) is 93.0 cm³/mol. The highest BCUT2D eigenvalue weighted by Crippen LogP contribution is 2.21. The first-order chi connectivity index (χ1) is 9.78. The Kier molecular flexibility index (Phi) is 4.08. The summed E-state index contributed by atoms with van der Waals surface area (Å²) in [4.78, 5) is 0. The van der Waals surface area contributed by atoms with Crippen molar-refractivity contribution in [2.24, 2.45) is 5.73 Å². The van der Waals surface area contributed by atoms with Crippen LogP contribution in [0.1, 0.15) is 11.1 Å². The third-order valence-electron chi connectivity index (χ3n) is 3.58. The normalized spacial score (nSPS) is 11.1. The fourth-order valence-corrected chi connectivity index (χ4v) is 2.94. The Morgan fingerprint density at radius 1 is 1.00 bits per heavy atom. The minimum absolute atomic E-state index is 0.696. The maximum atomic E-state index is 5.69. The van der Waals surface area contributed by atoms with E-state index in [-0.39, 0.29) is 0 Å². The summed E-state index contributed by atoms with van der Waals surface area (Å²) in [7, 11) is 0. The lowest BCUT2D eigenvalue weighted by molar-refractivity contribution is 0.836. The van der Waals surface area contributed by atoms with Gasteiger partial charge in [-0.25, -0.2) is 0 Å². The van der Waals surface area contributed by atoms with Crippen LogP contribution < -0.4 is 5.73 Å². The Morgan fingerprint density at radius 3 is 2.55 bits per heavy atom. The molecule has 2 nitrogen and oxygen atoms in total. The molecule has 20 heavy (non-hydrogen) atoms. The second kappa shape index (κ2) is 5.97. The number of aromatic nitrogens is 1. The number of hydrogen-bond acceptors (Lipinski definition) is 1. The maximum absolute atomic E-state index is 5.69. The molecule has 0 spiro atoms. The van der Waals surface area contributed by atoms with E-state index in [1.807, 2.05) is 0 Å². The van der Waals surface area contributed by atoms with Crippen LogP contribution in [0.3, 0.4) is 0 Å². The SMILES string of the molecule is NCCc1cccc2c1ccn2Cc1ccc(I)cc1. The molecule has 0 bridgehead atoms. The Hall–Kier alpha value is -1.33. The summed E-state index contributed by atoms with van der Waals surface area (Å²) < 4.78 is 3.58. The van der Waals surface area contributed by atoms with Crippen molar-refractivity contribution in [3.8, 4) is 0 Å². The van der Waals surface area contributed by atoms with Gasteiger partial charge < -0.3 is 10.3 Å². The van der Waals surface area contributed by atoms with E-state index >= 15 is 0 Å². The lowest BCUT2D eigenvalue weighted by Gasteiger charge is -2.07. The number of halogens is 1. The van der Waals surface area contributed by atoms with Crippen LogP contribution in [0.2, 0.25) is 0 Å². The first-order valence-electron chi connectivity index (χ1n) is 6.79. The topological polar surface area (TPSA) is 30.9 Å². The van der Waals surface area contributed by atoms with E-state index in [4.69, 9.17) is 5.73 Å². The van der Waals surface area contributed by atoms with Crippen LogP contribution in [0.5, 0.6) is 0 Å². The van der Waals surface area contributed by atoms with Crippen LogP contribution in [0, 0.1) is 3.57 Å². The molecule has 2 N–H and O–H groups in total. The summed E-state index contributed by atoms with van der Waals surface area (Å²) in [5.74, 6) is 0. The van der Waals surface area contributed by atoms with Gasteiger partial charge in [-0.15, -0.1) is 0 Å². The van der Waals surface area contributed by atoms with Gasteiger partial charge in [0.2, 0.25) is 0 Å². The fourth-order valence-electron chi connectivity index (χ4n) is 2.59. The highest BCUT2D eigenvalue weighted by atomic mass is 127. The lowest BCUT2D eigenvalue weighted by Crippen LogP contribution is -2.03. The summed E-state index contributed by atoms with van der Waals surface area (Å²) in [5, 5.41) is 1.32. The predicted octanol–water partition coefficient (Wildman–Crippen LogP) is 3.80. The molecule has 0 unspecified atom stereocenters. The van der Waals surface area contributed by atoms with Crippen molar-refractivity contribution >= 4 is 33.5 Å². The van der Waals surface area contributed by atoms with Crippen molar-refractivity contribution in [1.82, 2.24) is 4.57 Å². The van der Waals surface area contributed by atoms with Crippen molar-refractivity contribution in [3.05, 3.63) is 69.4 Å². The standard InChI is InChI=1S/C17H17IN2/c18-15-6-4-13(5-7-15)12-20-11-9-16-14(8-10-19)2-1-3-17(16)20/h1-7,9,11H,8,10,12,19H2. The molecular weight excluding hydrogens is 359 g/mol. The van der Waals surface area contributed by atoms with E-state index < -0.39 is 0 Å². The molecule has 0 atom stereocenters. The first kappa shape index (κ1) is 13.6. The molecule has 2 aromatic carbocycles. The maximum Gasteiger partial charge on any atom is 0.0486 e. The van der Waals surface area contributed by atoms with Gasteiger partial charge in [-0.05, 0) is 70.9 Å². The molecule has 0 radical (unpaired) electrons. The molecule has 0 saturated heterocycles. The third-order valence-corrected chi connectivity index (χ3v) is 4.30. The first-order valence-corrected chi connectivity index (χ1v) is 7.87. The molecule has 0 aliphatic carbocycles. The third kappa shape index (κ3) is 2.74. The molecule has 102 valence electrons. The molecule has 1 aromatic heterocycles. The lowest BCUT2D eigenvalue weighted by atomic mass is 10.1. The number of hydrogen-bond donors (Lipinski definition) is 1. The number of fused-ring (bicyclic) bond motifs is 1. The van der Waals surface area contributed by atoms with Crippen molar-refractivity contribution < 1.29 is 0 Å². The minimum Gasteiger partial charge on any atom is -0.343 e. The van der Waals surface area contributed by atoms with E-state index in [9.17, 15) is 0 Å². The number of nitrogens with two attached hydrogens (primary N) is 1. The smallest absolute Gasteiger partial charge is 0.0486 e. The molecule has 0 aliphatic rings. The Morgan fingerprint density at radius 2 is 1.80 bits per heavy atom. The fraction of sp³-hybridized carbons (Fsp3) is 0.176. The second-order valence-corrected chi connectivity index (χ2v) is 6.20. The van der Waals surface area contributed by atoms with Crippen molar-refractivity contribution in [2.45, 2.75) is 13.0 Å². The Balaban J connectivity index is 1.96. The van der Waals surface area contributed by atoms with Gasteiger partial charge in [-0.2, -0.15) is 0 Å². The summed E-state index contributed by atoms with van der Waals surface area (Å²) in [6, 6.07) is 17.4. The minimum atomic E-state index is 0.696. The number of nitrogens with zero attached hydrogens (tertiary/aromatic N) is 1. The molecule has 0 aliphatic heterocycles. The summed E-state index contributed by atoms with van der Waals surface area (Å²) >= 11 is 2.34. The van der Waals surface area contributed by atoms with Crippen LogP contribution in [0.15, 0.2) is 54.7 Å². The van der Waals surface area contributed by atoms with Gasteiger partial charge in [0.1, 0.15) is 0 Å². The van der Waals surface area contributed by atoms with Gasteiger partial charge in [0.05, 0.1) is 0 Å². The van der Waals surface area contributed by atoms with Crippen LogP contribution in [0.25, 0.3) is 10.9 Å². The van der Waals surface area contributed by atoms with Gasteiger partial charge in [0.15, 0.2) is 0 Å². The van der Waals surface area contributed by atoms with Gasteiger partial charge >= 0.3 is 0 Å². The second-order valence-electron chi connectivity index (χ2n) is 4.96. The summed E-state index contributed by atoms with van der Waals surface area (Å²) in [5.41, 5.74) is 9.64. The van der Waals surface area contributed by atoms with Crippen molar-refractivity contribution in [3.63, 3.8) is 0 Å². The van der Waals surface area contributed by atoms with E-state index in [0.29, 0.717) is 6.54 Å². The van der Waals surface area contributed by atoms with Gasteiger partial charge in [0, 0.05) is 27.2 Å². The number of benzene rings is 2. The summed E-state index contributed by atoms with van der Waals surface area (Å²) in [6.45, 7) is 1.61. The van der Waals surface area contributed by atoms with E-state index in [1.165, 1.54) is 25.6 Å². The molecule has 0 saturated carbocycles. The van der Waals surface area contributed by atoms with E-state index in [0.717, 1.165) is 13.0 Å². The van der Waals surface area contributed by atoms with Gasteiger partial charge in [-0.1, -0.05) is 24.3 Å². The molecular formula is C17H17IN2. The van der Waals surface area contributed by atoms with E-state index in [1.54, 1.807) is 0 Å². The molecule has 0 amide bonds. The molecule has 1 heterocycles. The van der Waals surface area contributed by atoms with Crippen molar-refractivity contribution in [2.75, 3.05) is 6.54 Å². The van der Waals surface area contributed by atoms with Crippen LogP contribution in [0.4, 0.5) is 0 Å². The van der Waals surface area contributed by atoms with Crippen LogP contribution in [-0.4, -0.2) is 11.1 Å². The molecule has 3 heteroatoms. The Labute approximate surface area is 132 Å². The highest BCUT2D eigenvalue weighted by Gasteiger charge is 2.05. The largest absolute Gasteiger partial charge is 0.343 e. The van der Waals surface area contributed by atoms with Crippen LogP contribution in [-0.2, 0) is 13.0 Å². The zero-order valence-electron chi connectivity index (χ0n) is 11.2. The molecule has 0 fully saturated rings. The molecule has 3 aromatic rings. The van der Waals surface area contributed by atoms with Gasteiger partial charge in [-0.3, -0.25) is 0 Å². The van der Waals surface area contributed by atoms with Gasteiger partial charge in [0.25, 0.3) is 0 Å². The van der Waals surface area contributed by atoms with Crippen LogP contribution >= 0.6 is 22.6 Å². The molecule has 3 rings (SSSR count). The van der Waals surface area contributed by atoms with Crippen molar-refractivity contribution in [1.29, 1.82) is 0 Å². The highest BCUT2D eigenvalue weighted by molar-refractivity contribution is 14.1. The monoisotopic (exact) mass is 376 g/mol.